The van der Waals surface area contributed by atoms with Crippen molar-refractivity contribution in [1.29, 1.82) is 0 Å². The fourth-order valence-electron chi connectivity index (χ4n) is 6.05. The van der Waals surface area contributed by atoms with E-state index in [1.807, 2.05) is 0 Å². The van der Waals surface area contributed by atoms with Crippen LogP contribution in [0.5, 0.6) is 0 Å². The van der Waals surface area contributed by atoms with Crippen LogP contribution in [0.25, 0.3) is 0 Å². The third-order valence-electron chi connectivity index (χ3n) is 7.31. The molecule has 0 aromatic carbocycles. The van der Waals surface area contributed by atoms with E-state index in [9.17, 15) is 0 Å². The Balaban J connectivity index is 2.10. The van der Waals surface area contributed by atoms with Crippen molar-refractivity contribution in [2.75, 3.05) is 6.61 Å². The van der Waals surface area contributed by atoms with Gasteiger partial charge in [-0.15, -0.1) is 0 Å². The quantitative estimate of drug-likeness (QED) is 0.693. The summed E-state index contributed by atoms with van der Waals surface area (Å²) in [5, 5.41) is 9.13. The summed E-state index contributed by atoms with van der Waals surface area (Å²) in [5.74, 6) is 3.40. The van der Waals surface area contributed by atoms with Crippen molar-refractivity contribution in [2.24, 2.45) is 34.5 Å². The minimum atomic E-state index is 0.355. The lowest BCUT2D eigenvalue weighted by Crippen LogP contribution is -2.51. The molecule has 1 N–H and O–H groups in total. The smallest absolute Gasteiger partial charge is 0.0433 e. The molecule has 2 fully saturated rings. The number of hydrogen-bond acceptors (Lipinski definition) is 1. The van der Waals surface area contributed by atoms with E-state index >= 15 is 0 Å². The summed E-state index contributed by atoms with van der Waals surface area (Å²) in [6.45, 7) is 12.8. The van der Waals surface area contributed by atoms with Crippen molar-refractivity contribution in [1.82, 2.24) is 0 Å². The maximum absolute atomic E-state index is 9.13. The van der Waals surface area contributed by atoms with Gasteiger partial charge in [-0.05, 0) is 66.6 Å². The van der Waals surface area contributed by atoms with E-state index in [1.54, 1.807) is 0 Å². The molecule has 0 radical (unpaired) electrons. The van der Waals surface area contributed by atoms with Crippen LogP contribution in [-0.2, 0) is 0 Å². The highest BCUT2D eigenvalue weighted by atomic mass is 16.3. The molecule has 2 aliphatic carbocycles. The first-order valence-electron chi connectivity index (χ1n) is 9.42. The largest absolute Gasteiger partial charge is 0.396 e. The van der Waals surface area contributed by atoms with Gasteiger partial charge in [-0.25, -0.2) is 0 Å². The average molecular weight is 295 g/mol. The summed E-state index contributed by atoms with van der Waals surface area (Å²) in [7, 11) is 0. The van der Waals surface area contributed by atoms with Crippen molar-refractivity contribution >= 4 is 0 Å². The van der Waals surface area contributed by atoms with Crippen molar-refractivity contribution < 1.29 is 5.11 Å². The number of fused-ring (bicyclic) bond motifs is 1. The third-order valence-corrected chi connectivity index (χ3v) is 7.31. The summed E-state index contributed by atoms with van der Waals surface area (Å²) < 4.78 is 0. The Morgan fingerprint density at radius 2 is 1.81 bits per heavy atom. The Morgan fingerprint density at radius 1 is 1.10 bits per heavy atom. The summed E-state index contributed by atoms with van der Waals surface area (Å²) in [6.07, 6.45) is 10.8. The summed E-state index contributed by atoms with van der Waals surface area (Å²) in [5.41, 5.74) is 1.11. The summed E-state index contributed by atoms with van der Waals surface area (Å²) in [6, 6.07) is 0. The van der Waals surface area contributed by atoms with Crippen LogP contribution in [0.1, 0.15) is 86.0 Å². The number of aliphatic hydroxyl groups is 1. The van der Waals surface area contributed by atoms with Crippen LogP contribution >= 0.6 is 0 Å². The van der Waals surface area contributed by atoms with Crippen molar-refractivity contribution in [3.05, 3.63) is 0 Å². The first kappa shape index (κ1) is 17.3. The molecule has 2 rings (SSSR count). The molecule has 0 aromatic rings. The second kappa shape index (κ2) is 6.60. The van der Waals surface area contributed by atoms with Crippen molar-refractivity contribution in [3.63, 3.8) is 0 Å². The number of rotatable bonds is 5. The van der Waals surface area contributed by atoms with Gasteiger partial charge in [0.25, 0.3) is 0 Å². The standard InChI is InChI=1S/C20H38O/c1-15(11-14-21)7-9-17-16(2)8-10-18-19(3,4)12-6-13-20(17,18)5/h15-18,21H,6-14H2,1-5H3/t15-,16-,17-,18-,20+/m0/s1. The predicted octanol–water partition coefficient (Wildman–Crippen LogP) is 5.66. The van der Waals surface area contributed by atoms with Crippen LogP contribution in [0.2, 0.25) is 0 Å². The monoisotopic (exact) mass is 294 g/mol. The lowest BCUT2D eigenvalue weighted by atomic mass is 9.46. The van der Waals surface area contributed by atoms with Crippen LogP contribution in [0.4, 0.5) is 0 Å². The van der Waals surface area contributed by atoms with Crippen LogP contribution in [0, 0.1) is 34.5 Å². The van der Waals surface area contributed by atoms with E-state index < -0.39 is 0 Å². The Labute approximate surface area is 132 Å². The molecule has 0 heterocycles. The molecule has 1 nitrogen and oxygen atoms in total. The van der Waals surface area contributed by atoms with E-state index in [2.05, 4.69) is 34.6 Å². The predicted molar refractivity (Wildman–Crippen MR) is 91.2 cm³/mol. The van der Waals surface area contributed by atoms with Gasteiger partial charge in [0, 0.05) is 6.61 Å². The average Bonchev–Trinajstić information content (AvgIpc) is 2.37. The lowest BCUT2D eigenvalue weighted by molar-refractivity contribution is -0.0972. The third kappa shape index (κ3) is 3.49. The molecular weight excluding hydrogens is 256 g/mol. The Morgan fingerprint density at radius 3 is 2.48 bits per heavy atom. The molecule has 0 unspecified atom stereocenters. The zero-order valence-electron chi connectivity index (χ0n) is 15.1. The Bertz CT molecular complexity index is 335. The summed E-state index contributed by atoms with van der Waals surface area (Å²) in [4.78, 5) is 0. The highest BCUT2D eigenvalue weighted by molar-refractivity contribution is 5.02. The maximum Gasteiger partial charge on any atom is 0.0433 e. The minimum absolute atomic E-state index is 0.355. The molecular formula is C20H38O. The van der Waals surface area contributed by atoms with Gasteiger partial charge in [-0.2, -0.15) is 0 Å². The van der Waals surface area contributed by atoms with Crippen LogP contribution < -0.4 is 0 Å². The van der Waals surface area contributed by atoms with Gasteiger partial charge >= 0.3 is 0 Å². The molecule has 0 aliphatic heterocycles. The number of hydrogen-bond donors (Lipinski definition) is 1. The van der Waals surface area contributed by atoms with Crippen molar-refractivity contribution in [2.45, 2.75) is 86.0 Å². The van der Waals surface area contributed by atoms with E-state index in [4.69, 9.17) is 5.11 Å². The van der Waals surface area contributed by atoms with Crippen LogP contribution in [0.3, 0.4) is 0 Å². The molecule has 124 valence electrons. The zero-order valence-corrected chi connectivity index (χ0v) is 15.1. The highest BCUT2D eigenvalue weighted by Crippen LogP contribution is 2.62. The van der Waals surface area contributed by atoms with Crippen molar-refractivity contribution in [3.8, 4) is 0 Å². The number of aliphatic hydroxyl groups excluding tert-OH is 1. The topological polar surface area (TPSA) is 20.2 Å². The Hall–Kier alpha value is -0.0400. The second-order valence-electron chi connectivity index (χ2n) is 9.26. The van der Waals surface area contributed by atoms with E-state index in [0.717, 1.165) is 24.2 Å². The molecule has 0 bridgehead atoms. The fourth-order valence-corrected chi connectivity index (χ4v) is 6.05. The molecule has 0 aromatic heterocycles. The van der Waals surface area contributed by atoms with Gasteiger partial charge in [0.2, 0.25) is 0 Å². The summed E-state index contributed by atoms with van der Waals surface area (Å²) >= 11 is 0. The molecule has 0 amide bonds. The first-order chi connectivity index (χ1) is 9.81. The lowest BCUT2D eigenvalue weighted by Gasteiger charge is -2.59. The van der Waals surface area contributed by atoms with Gasteiger partial charge in [0.05, 0.1) is 0 Å². The van der Waals surface area contributed by atoms with Gasteiger partial charge in [-0.1, -0.05) is 53.9 Å². The minimum Gasteiger partial charge on any atom is -0.396 e. The van der Waals surface area contributed by atoms with E-state index in [0.29, 0.717) is 23.4 Å². The zero-order chi connectivity index (χ0) is 15.7. The normalized spacial score (nSPS) is 40.6. The molecule has 5 atom stereocenters. The molecule has 21 heavy (non-hydrogen) atoms. The van der Waals surface area contributed by atoms with Gasteiger partial charge in [0.15, 0.2) is 0 Å². The van der Waals surface area contributed by atoms with Gasteiger partial charge in [0.1, 0.15) is 0 Å². The Kier molecular flexibility index (Phi) is 5.45. The molecule has 0 saturated heterocycles. The van der Waals surface area contributed by atoms with E-state index in [-0.39, 0.29) is 0 Å². The SMILES string of the molecule is C[C@H](CCO)CC[C@H]1[C@@H](C)CC[C@H]2C(C)(C)CCC[C@]12C. The fraction of sp³-hybridized carbons (Fsp3) is 1.00. The maximum atomic E-state index is 9.13. The van der Waals surface area contributed by atoms with E-state index in [1.165, 1.54) is 44.9 Å². The van der Waals surface area contributed by atoms with Gasteiger partial charge in [-0.3, -0.25) is 0 Å². The van der Waals surface area contributed by atoms with Gasteiger partial charge < -0.3 is 5.11 Å². The van der Waals surface area contributed by atoms with Crippen LogP contribution in [-0.4, -0.2) is 11.7 Å². The molecule has 0 spiro atoms. The van der Waals surface area contributed by atoms with Crippen LogP contribution in [0.15, 0.2) is 0 Å². The molecule has 2 aliphatic rings. The first-order valence-corrected chi connectivity index (χ1v) is 9.42. The molecule has 2 saturated carbocycles. The highest BCUT2D eigenvalue weighted by Gasteiger charge is 2.53. The second-order valence-corrected chi connectivity index (χ2v) is 9.26. The molecule has 1 heteroatoms.